The molecule has 274 valence electrons. The zero-order valence-electron chi connectivity index (χ0n) is 32.3. The van der Waals surface area contributed by atoms with E-state index in [1.54, 1.807) is 0 Å². The molecule has 0 bridgehead atoms. The van der Waals surface area contributed by atoms with Crippen molar-refractivity contribution in [3.63, 3.8) is 0 Å². The molecule has 0 aromatic heterocycles. The van der Waals surface area contributed by atoms with Gasteiger partial charge in [-0.2, -0.15) is 11.8 Å². The van der Waals surface area contributed by atoms with Gasteiger partial charge in [-0.25, -0.2) is 0 Å². The zero-order valence-corrected chi connectivity index (χ0v) is 33.9. The van der Waals surface area contributed by atoms with E-state index in [-0.39, 0.29) is 22.6 Å². The molecule has 0 spiro atoms. The monoisotopic (exact) mass is 693 g/mol. The van der Waals surface area contributed by atoms with Crippen LogP contribution in [0.4, 0.5) is 0 Å². The van der Waals surface area contributed by atoms with Crippen LogP contribution in [0.15, 0.2) is 6.07 Å². The third-order valence-corrected chi connectivity index (χ3v) is 12.0. The number of hydrogen-bond acceptors (Lipinski definition) is 5. The van der Waals surface area contributed by atoms with Crippen LogP contribution in [0.1, 0.15) is 210 Å². The van der Waals surface area contributed by atoms with Gasteiger partial charge in [0.25, 0.3) is 0 Å². The first-order valence-corrected chi connectivity index (χ1v) is 21.8. The van der Waals surface area contributed by atoms with Gasteiger partial charge < -0.3 is 9.29 Å². The molecule has 1 rings (SSSR count). The van der Waals surface area contributed by atoms with Gasteiger partial charge in [-0.15, -0.1) is 0 Å². The number of thioether (sulfide) groups is 1. The summed E-state index contributed by atoms with van der Waals surface area (Å²) in [5, 5.41) is 11.2. The Balaban J connectivity index is 2.83. The Hall–Kier alpha value is -0.810. The molecule has 0 aliphatic rings. The van der Waals surface area contributed by atoms with Crippen molar-refractivity contribution in [1.29, 1.82) is 0 Å². The van der Waals surface area contributed by atoms with E-state index in [0.717, 1.165) is 47.5 Å². The first-order chi connectivity index (χ1) is 22.6. The summed E-state index contributed by atoms with van der Waals surface area (Å²) in [7, 11) is 0. The summed E-state index contributed by atoms with van der Waals surface area (Å²) in [4.78, 5) is 13.8. The molecule has 3 nitrogen and oxygen atoms in total. The standard InChI is InChI=1S/C42H76O3S2/c1-9-12-14-16-18-20-22-24-26-28-31-46-40(37-33-38(42(6,7)8)39(43)35(5)34(37)4)36(30-11-3)41(44)45-47-32-29-27-25-23-21-19-17-15-13-10-2/h33,36,40,43H,9-32H2,1-8H3. The van der Waals surface area contributed by atoms with Crippen molar-refractivity contribution in [3.05, 3.63) is 28.3 Å². The van der Waals surface area contributed by atoms with Crippen LogP contribution < -0.4 is 0 Å². The number of unbranched alkanes of at least 4 members (excludes halogenated alkanes) is 18. The third kappa shape index (κ3) is 18.7. The van der Waals surface area contributed by atoms with E-state index in [1.807, 2.05) is 18.7 Å². The molecule has 0 radical (unpaired) electrons. The fourth-order valence-corrected chi connectivity index (χ4v) is 8.71. The number of benzene rings is 1. The van der Waals surface area contributed by atoms with E-state index in [0.29, 0.717) is 5.75 Å². The number of aromatic hydroxyl groups is 1. The Kier molecular flexibility index (Phi) is 25.4. The molecule has 0 amide bonds. The van der Waals surface area contributed by atoms with Crippen molar-refractivity contribution >= 4 is 29.8 Å². The van der Waals surface area contributed by atoms with Crippen molar-refractivity contribution in [2.75, 3.05) is 11.5 Å². The smallest absolute Gasteiger partial charge is 0.322 e. The number of hydrogen-bond donors (Lipinski definition) is 1. The molecule has 47 heavy (non-hydrogen) atoms. The highest BCUT2D eigenvalue weighted by Gasteiger charge is 2.34. The first-order valence-electron chi connectivity index (χ1n) is 19.9. The third-order valence-electron chi connectivity index (χ3n) is 9.81. The van der Waals surface area contributed by atoms with E-state index in [1.165, 1.54) is 140 Å². The van der Waals surface area contributed by atoms with Gasteiger partial charge >= 0.3 is 5.97 Å². The fourth-order valence-electron chi connectivity index (χ4n) is 6.53. The largest absolute Gasteiger partial charge is 0.507 e. The van der Waals surface area contributed by atoms with E-state index >= 15 is 0 Å². The summed E-state index contributed by atoms with van der Waals surface area (Å²) in [6.07, 6.45) is 28.2. The van der Waals surface area contributed by atoms with Gasteiger partial charge in [0, 0.05) is 11.0 Å². The fraction of sp³-hybridized carbons (Fsp3) is 0.833. The van der Waals surface area contributed by atoms with Crippen molar-refractivity contribution in [2.45, 2.75) is 207 Å². The van der Waals surface area contributed by atoms with Crippen LogP contribution in [-0.2, 0) is 14.4 Å². The maximum atomic E-state index is 13.8. The molecule has 1 aromatic rings. The molecular weight excluding hydrogens is 617 g/mol. The van der Waals surface area contributed by atoms with Crippen molar-refractivity contribution in [1.82, 2.24) is 0 Å². The lowest BCUT2D eigenvalue weighted by Crippen LogP contribution is -2.24. The molecule has 0 saturated carbocycles. The number of phenols is 1. The Labute approximate surface area is 301 Å². The SMILES string of the molecule is CCCCCCCCCCCCSOC(=O)C(CCC)C(SCCCCCCCCCCCC)c1cc(C(C)(C)C)c(O)c(C)c1C. The van der Waals surface area contributed by atoms with Gasteiger partial charge in [0.2, 0.25) is 0 Å². The second-order valence-corrected chi connectivity index (χ2v) is 17.2. The van der Waals surface area contributed by atoms with E-state index in [9.17, 15) is 9.90 Å². The summed E-state index contributed by atoms with van der Waals surface area (Å²) >= 11 is 3.32. The van der Waals surface area contributed by atoms with Crippen LogP contribution in [0.3, 0.4) is 0 Å². The topological polar surface area (TPSA) is 46.5 Å². The van der Waals surface area contributed by atoms with E-state index < -0.39 is 0 Å². The van der Waals surface area contributed by atoms with Gasteiger partial charge in [0.1, 0.15) is 5.75 Å². The van der Waals surface area contributed by atoms with Crippen molar-refractivity contribution in [2.24, 2.45) is 5.92 Å². The molecular formula is C42H76O3S2. The van der Waals surface area contributed by atoms with Gasteiger partial charge in [0.15, 0.2) is 0 Å². The number of phenolic OH excluding ortho intramolecular Hbond substituents is 1. The normalized spacial score (nSPS) is 13.2. The van der Waals surface area contributed by atoms with Crippen molar-refractivity contribution < 1.29 is 14.1 Å². The minimum Gasteiger partial charge on any atom is -0.507 e. The van der Waals surface area contributed by atoms with Crippen LogP contribution in [0.5, 0.6) is 5.75 Å². The number of carbonyl (C=O) groups is 1. The maximum Gasteiger partial charge on any atom is 0.322 e. The molecule has 1 N–H and O–H groups in total. The van der Waals surface area contributed by atoms with Crippen LogP contribution in [-0.4, -0.2) is 22.6 Å². The van der Waals surface area contributed by atoms with Gasteiger partial charge in [-0.1, -0.05) is 170 Å². The molecule has 1 aromatic carbocycles. The quantitative estimate of drug-likeness (QED) is 0.0669. The highest BCUT2D eigenvalue weighted by atomic mass is 32.2. The Morgan fingerprint density at radius 2 is 1.13 bits per heavy atom. The summed E-state index contributed by atoms with van der Waals surface area (Å²) < 4.78 is 5.96. The number of carbonyl (C=O) groups excluding carboxylic acids is 1. The lowest BCUT2D eigenvalue weighted by molar-refractivity contribution is -0.137. The number of rotatable bonds is 29. The average Bonchev–Trinajstić information content (AvgIpc) is 3.03. The molecule has 0 aliphatic carbocycles. The van der Waals surface area contributed by atoms with E-state index in [4.69, 9.17) is 4.18 Å². The Bertz CT molecular complexity index is 939. The van der Waals surface area contributed by atoms with Gasteiger partial charge in [0.05, 0.1) is 18.0 Å². The zero-order chi connectivity index (χ0) is 34.9. The van der Waals surface area contributed by atoms with Crippen LogP contribution in [0.2, 0.25) is 0 Å². The molecule has 2 atom stereocenters. The summed E-state index contributed by atoms with van der Waals surface area (Å²) in [6, 6.07) is 2.21. The van der Waals surface area contributed by atoms with Gasteiger partial charge in [-0.05, 0) is 66.5 Å². The van der Waals surface area contributed by atoms with Crippen LogP contribution in [0.25, 0.3) is 0 Å². The van der Waals surface area contributed by atoms with Crippen LogP contribution in [0, 0.1) is 19.8 Å². The second-order valence-electron chi connectivity index (χ2n) is 15.1. The molecule has 2 unspecified atom stereocenters. The van der Waals surface area contributed by atoms with Crippen molar-refractivity contribution in [3.8, 4) is 5.75 Å². The summed E-state index contributed by atoms with van der Waals surface area (Å²) in [5.41, 5.74) is 4.05. The molecule has 0 saturated heterocycles. The maximum absolute atomic E-state index is 13.8. The second kappa shape index (κ2) is 27.0. The molecule has 5 heteroatoms. The molecule has 0 fully saturated rings. The predicted octanol–water partition coefficient (Wildman–Crippen LogP) is 14.5. The summed E-state index contributed by atoms with van der Waals surface area (Å²) in [6.45, 7) is 17.4. The molecule has 0 heterocycles. The minimum atomic E-state index is -0.191. The lowest BCUT2D eigenvalue weighted by atomic mass is 9.80. The minimum absolute atomic E-state index is 0.0272. The average molecular weight is 693 g/mol. The Morgan fingerprint density at radius 1 is 0.681 bits per heavy atom. The molecule has 0 aliphatic heterocycles. The predicted molar refractivity (Wildman–Crippen MR) is 212 cm³/mol. The Morgan fingerprint density at radius 3 is 1.57 bits per heavy atom. The van der Waals surface area contributed by atoms with Crippen LogP contribution >= 0.6 is 23.8 Å². The summed E-state index contributed by atoms with van der Waals surface area (Å²) in [5.74, 6) is 2.07. The first kappa shape index (κ1) is 44.2. The van der Waals surface area contributed by atoms with Gasteiger partial charge in [-0.3, -0.25) is 4.79 Å². The lowest BCUT2D eigenvalue weighted by Gasteiger charge is -2.30. The highest BCUT2D eigenvalue weighted by Crippen LogP contribution is 2.46. The van der Waals surface area contributed by atoms with E-state index in [2.05, 4.69) is 54.5 Å². The highest BCUT2D eigenvalue weighted by molar-refractivity contribution is 7.99.